The zero-order chi connectivity index (χ0) is 26.4. The number of phenols is 1. The maximum Gasteiger partial charge on any atom is 0.115 e. The van der Waals surface area contributed by atoms with Crippen LogP contribution in [0, 0.1) is 0 Å². The van der Waals surface area contributed by atoms with Gasteiger partial charge >= 0.3 is 0 Å². The molecule has 0 aromatic heterocycles. The van der Waals surface area contributed by atoms with Gasteiger partial charge in [-0.05, 0) is 44.5 Å². The number of benzene rings is 1. The van der Waals surface area contributed by atoms with Crippen molar-refractivity contribution in [1.29, 1.82) is 0 Å². The molecule has 1 aliphatic rings. The highest BCUT2D eigenvalue weighted by molar-refractivity contribution is 5.30. The Morgan fingerprint density at radius 2 is 1.95 bits per heavy atom. The van der Waals surface area contributed by atoms with Crippen LogP contribution in [0.2, 0.25) is 0 Å². The Morgan fingerprint density at radius 3 is 2.47 bits per heavy atom. The molecule has 1 unspecified atom stereocenters. The molecule has 3 nitrogen and oxygen atoms in total. The Hall–Kier alpha value is -1.06. The third-order valence-electron chi connectivity index (χ3n) is 2.52. The molecular formula is C16H25NO2. The van der Waals surface area contributed by atoms with Gasteiger partial charge in [0.1, 0.15) is 5.75 Å². The van der Waals surface area contributed by atoms with Crippen LogP contribution in [-0.2, 0) is 0 Å². The molecule has 3 heteroatoms. The molecule has 1 aromatic carbocycles. The van der Waals surface area contributed by atoms with Crippen LogP contribution in [0.4, 0.5) is 0 Å². The van der Waals surface area contributed by atoms with Crippen molar-refractivity contribution in [1.82, 2.24) is 4.90 Å². The second-order valence-electron chi connectivity index (χ2n) is 4.27. The molecule has 0 aliphatic heterocycles. The van der Waals surface area contributed by atoms with Gasteiger partial charge in [0.05, 0.1) is 8.34 Å². The van der Waals surface area contributed by atoms with Gasteiger partial charge in [0.15, 0.2) is 0 Å². The van der Waals surface area contributed by atoms with Crippen LogP contribution < -0.4 is 0 Å². The van der Waals surface area contributed by atoms with Crippen molar-refractivity contribution in [2.24, 2.45) is 0 Å². The molecule has 106 valence electrons. The molecular weight excluding hydrogens is 238 g/mol. The van der Waals surface area contributed by atoms with Crippen LogP contribution in [0.5, 0.6) is 5.75 Å². The van der Waals surface area contributed by atoms with Crippen molar-refractivity contribution in [3.05, 3.63) is 29.8 Å². The molecule has 1 aromatic rings. The minimum absolute atomic E-state index is 0.592. The lowest BCUT2D eigenvalue weighted by Gasteiger charge is -2.40. The highest BCUT2D eigenvalue weighted by atomic mass is 16.3. The summed E-state index contributed by atoms with van der Waals surface area (Å²) in [5, 5.41) is 21.5. The van der Waals surface area contributed by atoms with E-state index in [1.807, 2.05) is 0 Å². The van der Waals surface area contributed by atoms with Crippen molar-refractivity contribution in [2.75, 3.05) is 20.6 Å². The van der Waals surface area contributed by atoms with E-state index in [9.17, 15) is 10.2 Å². The molecule has 1 atom stereocenters. The number of hydrogen-bond donors (Lipinski definition) is 2. The van der Waals surface area contributed by atoms with Crippen molar-refractivity contribution < 1.29 is 29.4 Å². The Bertz CT molecular complexity index is 892. The lowest BCUT2D eigenvalue weighted by Crippen LogP contribution is -2.42. The highest BCUT2D eigenvalue weighted by Gasteiger charge is 2.38. The van der Waals surface area contributed by atoms with E-state index in [2.05, 4.69) is 0 Å². The van der Waals surface area contributed by atoms with E-state index in [-0.39, 0.29) is 0 Å². The monoisotopic (exact) mass is 277 g/mol. The van der Waals surface area contributed by atoms with Crippen molar-refractivity contribution in [3.8, 4) is 5.75 Å². The quantitative estimate of drug-likeness (QED) is 0.889. The van der Waals surface area contributed by atoms with Crippen LogP contribution in [-0.4, -0.2) is 41.3 Å². The predicted molar refractivity (Wildman–Crippen MR) is 77.4 cm³/mol. The van der Waals surface area contributed by atoms with Gasteiger partial charge in [-0.15, -0.1) is 0 Å². The maximum atomic E-state index is 11.7. The summed E-state index contributed by atoms with van der Waals surface area (Å²) in [6.45, 7) is -2.96. The average Bonchev–Trinajstić information content (AvgIpc) is 2.63. The summed E-state index contributed by atoms with van der Waals surface area (Å²) >= 11 is 0. The molecule has 0 spiro atoms. The lowest BCUT2D eigenvalue weighted by atomic mass is 9.72. The van der Waals surface area contributed by atoms with E-state index >= 15 is 0 Å². The Balaban J connectivity index is 3.12. The number of nitrogens with zero attached hydrogens (tertiary/aromatic N) is 1. The van der Waals surface area contributed by atoms with Gasteiger partial charge in [-0.25, -0.2) is 0 Å². The molecule has 2 rings (SSSR count). The summed E-state index contributed by atoms with van der Waals surface area (Å²) in [4.78, 5) is 0.788. The molecule has 0 bridgehead atoms. The minimum Gasteiger partial charge on any atom is -0.508 e. The van der Waals surface area contributed by atoms with Gasteiger partial charge in [0.25, 0.3) is 0 Å². The zero-order valence-electron chi connectivity index (χ0n) is 24.6. The van der Waals surface area contributed by atoms with Gasteiger partial charge in [0, 0.05) is 28.9 Å². The fourth-order valence-electron chi connectivity index (χ4n) is 1.68. The van der Waals surface area contributed by atoms with Crippen molar-refractivity contribution in [2.45, 2.75) is 43.4 Å². The van der Waals surface area contributed by atoms with Gasteiger partial charge in [0.2, 0.25) is 0 Å². The lowest BCUT2D eigenvalue weighted by molar-refractivity contribution is -0.0277. The fourth-order valence-corrected chi connectivity index (χ4v) is 1.68. The van der Waals surface area contributed by atoms with E-state index in [4.69, 9.17) is 19.2 Å². The Morgan fingerprint density at radius 1 is 1.37 bits per heavy atom. The SMILES string of the molecule is [2H]c1cc(C(C([2H])([2H])N(C)C)C2(O)C([2H])([2H])C([2H])([2H])C([2H])([2H])C([2H])([2H])C2([2H])[2H])cc([2H])c1O. The zero-order valence-corrected chi connectivity index (χ0v) is 10.6. The number of rotatable bonds is 4. The van der Waals surface area contributed by atoms with Crippen LogP contribution in [0.15, 0.2) is 24.2 Å². The van der Waals surface area contributed by atoms with Gasteiger partial charge < -0.3 is 15.1 Å². The summed E-state index contributed by atoms with van der Waals surface area (Å²) in [6, 6.07) is -0.0339. The first kappa shape index (κ1) is 4.74. The Labute approximate surface area is 135 Å². The summed E-state index contributed by atoms with van der Waals surface area (Å²) in [5.41, 5.74) is -4.52. The molecule has 0 heterocycles. The molecule has 0 saturated heterocycles. The van der Waals surface area contributed by atoms with Gasteiger partial charge in [-0.2, -0.15) is 0 Å². The van der Waals surface area contributed by atoms with Crippen LogP contribution in [0.3, 0.4) is 0 Å². The third kappa shape index (κ3) is 3.48. The van der Waals surface area contributed by atoms with E-state index in [0.29, 0.717) is 0 Å². The van der Waals surface area contributed by atoms with Crippen LogP contribution in [0.1, 0.15) is 62.5 Å². The summed E-state index contributed by atoms with van der Waals surface area (Å²) in [6.07, 6.45) is -19.5. The third-order valence-corrected chi connectivity index (χ3v) is 2.52. The van der Waals surface area contributed by atoms with Gasteiger partial charge in [-0.1, -0.05) is 31.3 Å². The molecule has 1 aliphatic carbocycles. The average molecular weight is 277 g/mol. The first-order chi connectivity index (χ1) is 14.4. The molecule has 1 saturated carbocycles. The van der Waals surface area contributed by atoms with Gasteiger partial charge in [-0.3, -0.25) is 0 Å². The van der Waals surface area contributed by atoms with E-state index in [0.717, 1.165) is 31.1 Å². The maximum absolute atomic E-state index is 11.7. The second-order valence-corrected chi connectivity index (χ2v) is 4.27. The first-order valence-electron chi connectivity index (χ1n) is 12.6. The number of aliphatic hydroxyl groups is 1. The smallest absolute Gasteiger partial charge is 0.115 e. The first-order valence-corrected chi connectivity index (χ1v) is 5.59. The number of aromatic hydroxyl groups is 1. The summed E-state index contributed by atoms with van der Waals surface area (Å²) in [5.74, 6) is -3.34. The standard InChI is InChI=1S/C16H25NO2/c1-17(2)12-15(13-6-8-14(18)9-7-13)16(19)10-4-3-5-11-16/h6-9,15,18-19H,3-5,10-12H2,1-2H3/i3D2,4D2,5D2,8D,9D,10D2,11D2,12D2. The summed E-state index contributed by atoms with van der Waals surface area (Å²) in [7, 11) is 2.27. The molecule has 0 radical (unpaired) electrons. The van der Waals surface area contributed by atoms with Crippen molar-refractivity contribution >= 4 is 0 Å². The highest BCUT2D eigenvalue weighted by Crippen LogP contribution is 2.40. The van der Waals surface area contributed by atoms with Crippen LogP contribution in [0.25, 0.3) is 0 Å². The molecule has 1 fully saturated rings. The Kier molecular flexibility index (Phi) is 1.48. The largest absolute Gasteiger partial charge is 0.508 e. The molecule has 2 N–H and O–H groups in total. The van der Waals surface area contributed by atoms with Crippen LogP contribution >= 0.6 is 0 Å². The molecule has 0 amide bonds. The van der Waals surface area contributed by atoms with E-state index < -0.39 is 73.3 Å². The second kappa shape index (κ2) is 5.93. The normalized spacial score (nSPS) is 45.3. The minimum atomic E-state index is -3.95. The predicted octanol–water partition coefficient (Wildman–Crippen LogP) is 2.73. The van der Waals surface area contributed by atoms with E-state index in [1.165, 1.54) is 0 Å². The number of hydrogen-bond acceptors (Lipinski definition) is 3. The molecule has 19 heavy (non-hydrogen) atoms. The van der Waals surface area contributed by atoms with E-state index in [1.54, 1.807) is 0 Å². The topological polar surface area (TPSA) is 43.7 Å². The number of likely N-dealkylation sites (N-methyl/N-ethyl adjacent to an activating group) is 1. The summed E-state index contributed by atoms with van der Waals surface area (Å²) < 4.78 is 115. The number of phenolic OH excluding ortho intramolecular Hbond substituents is 1. The fraction of sp³-hybridized carbons (Fsp3) is 0.625. The van der Waals surface area contributed by atoms with Crippen molar-refractivity contribution in [3.63, 3.8) is 0 Å².